The van der Waals surface area contributed by atoms with Crippen LogP contribution in [0.15, 0.2) is 0 Å². The zero-order chi connectivity index (χ0) is 8.81. The lowest BCUT2D eigenvalue weighted by atomic mass is 10.1. The van der Waals surface area contributed by atoms with Gasteiger partial charge in [0.15, 0.2) is 0 Å². The van der Waals surface area contributed by atoms with Crippen LogP contribution in [0.4, 0.5) is 0 Å². The molecule has 12 heavy (non-hydrogen) atoms. The van der Waals surface area contributed by atoms with E-state index in [1.165, 1.54) is 0 Å². The van der Waals surface area contributed by atoms with Crippen molar-refractivity contribution in [2.75, 3.05) is 19.8 Å². The second-order valence-corrected chi connectivity index (χ2v) is 3.23. The van der Waals surface area contributed by atoms with Crippen LogP contribution in [-0.2, 0) is 4.74 Å². The second kappa shape index (κ2) is 5.51. The maximum atomic E-state index is 8.83. The molecule has 1 aliphatic heterocycles. The quantitative estimate of drug-likeness (QED) is 0.637. The first-order valence-electron chi connectivity index (χ1n) is 4.84. The van der Waals surface area contributed by atoms with Gasteiger partial charge in [-0.2, -0.15) is 0 Å². The maximum absolute atomic E-state index is 8.83. The molecule has 1 rings (SSSR count). The van der Waals surface area contributed by atoms with Gasteiger partial charge in [0.25, 0.3) is 0 Å². The van der Waals surface area contributed by atoms with Crippen molar-refractivity contribution in [3.63, 3.8) is 0 Å². The third kappa shape index (κ3) is 2.73. The molecule has 0 saturated carbocycles. The van der Waals surface area contributed by atoms with E-state index in [4.69, 9.17) is 9.84 Å². The minimum atomic E-state index is 0.248. The molecule has 0 aromatic carbocycles. The van der Waals surface area contributed by atoms with Gasteiger partial charge in [-0.1, -0.05) is 6.92 Å². The average Bonchev–Trinajstić information content (AvgIpc) is 2.56. The van der Waals surface area contributed by atoms with Crippen LogP contribution in [0, 0.1) is 0 Å². The molecule has 0 amide bonds. The summed E-state index contributed by atoms with van der Waals surface area (Å²) in [4.78, 5) is 0. The SMILES string of the molecule is CCNC(CCO)C1CCCO1. The van der Waals surface area contributed by atoms with E-state index < -0.39 is 0 Å². The van der Waals surface area contributed by atoms with Crippen LogP contribution >= 0.6 is 0 Å². The van der Waals surface area contributed by atoms with Crippen molar-refractivity contribution in [1.29, 1.82) is 0 Å². The largest absolute Gasteiger partial charge is 0.396 e. The van der Waals surface area contributed by atoms with Crippen molar-refractivity contribution < 1.29 is 9.84 Å². The Morgan fingerprint density at radius 1 is 1.67 bits per heavy atom. The van der Waals surface area contributed by atoms with E-state index in [-0.39, 0.29) is 6.61 Å². The summed E-state index contributed by atoms with van der Waals surface area (Å²) in [6.45, 7) is 4.17. The van der Waals surface area contributed by atoms with Crippen molar-refractivity contribution in [2.45, 2.75) is 38.3 Å². The van der Waals surface area contributed by atoms with Gasteiger partial charge in [-0.05, 0) is 25.8 Å². The minimum absolute atomic E-state index is 0.248. The molecule has 0 spiro atoms. The zero-order valence-corrected chi connectivity index (χ0v) is 7.75. The third-order valence-electron chi connectivity index (χ3n) is 2.32. The zero-order valence-electron chi connectivity index (χ0n) is 7.75. The van der Waals surface area contributed by atoms with Gasteiger partial charge in [0.05, 0.1) is 6.10 Å². The molecule has 2 N–H and O–H groups in total. The van der Waals surface area contributed by atoms with Crippen molar-refractivity contribution in [1.82, 2.24) is 5.32 Å². The Balaban J connectivity index is 2.29. The Hall–Kier alpha value is -0.120. The number of rotatable bonds is 5. The molecular weight excluding hydrogens is 154 g/mol. The summed E-state index contributed by atoms with van der Waals surface area (Å²) < 4.78 is 5.55. The maximum Gasteiger partial charge on any atom is 0.0729 e. The number of aliphatic hydroxyl groups is 1. The minimum Gasteiger partial charge on any atom is -0.396 e. The Morgan fingerprint density at radius 2 is 2.50 bits per heavy atom. The van der Waals surface area contributed by atoms with Gasteiger partial charge in [-0.25, -0.2) is 0 Å². The molecule has 0 aromatic rings. The summed E-state index contributed by atoms with van der Waals surface area (Å²) in [5.74, 6) is 0. The Kier molecular flexibility index (Phi) is 4.58. The van der Waals surface area contributed by atoms with E-state index in [1.54, 1.807) is 0 Å². The molecule has 0 bridgehead atoms. The fraction of sp³-hybridized carbons (Fsp3) is 1.00. The first-order valence-corrected chi connectivity index (χ1v) is 4.84. The molecule has 3 nitrogen and oxygen atoms in total. The molecule has 2 unspecified atom stereocenters. The summed E-state index contributed by atoms with van der Waals surface area (Å²) in [7, 11) is 0. The summed E-state index contributed by atoms with van der Waals surface area (Å²) in [6, 6.07) is 0.350. The van der Waals surface area contributed by atoms with Crippen molar-refractivity contribution >= 4 is 0 Å². The highest BCUT2D eigenvalue weighted by molar-refractivity contribution is 4.79. The molecule has 0 aliphatic carbocycles. The molecule has 0 radical (unpaired) electrons. The molecule has 1 saturated heterocycles. The lowest BCUT2D eigenvalue weighted by Crippen LogP contribution is -2.40. The first kappa shape index (κ1) is 9.96. The van der Waals surface area contributed by atoms with E-state index in [0.717, 1.165) is 32.4 Å². The number of aliphatic hydroxyl groups excluding tert-OH is 1. The highest BCUT2D eigenvalue weighted by Crippen LogP contribution is 2.17. The predicted octanol–water partition coefficient (Wildman–Crippen LogP) is 0.526. The van der Waals surface area contributed by atoms with E-state index >= 15 is 0 Å². The van der Waals surface area contributed by atoms with E-state index in [0.29, 0.717) is 12.1 Å². The molecule has 72 valence electrons. The summed E-state index contributed by atoms with van der Waals surface area (Å²) >= 11 is 0. The lowest BCUT2D eigenvalue weighted by molar-refractivity contribution is 0.0694. The predicted molar refractivity (Wildman–Crippen MR) is 48.1 cm³/mol. The monoisotopic (exact) mass is 173 g/mol. The van der Waals surface area contributed by atoms with Gasteiger partial charge in [0.1, 0.15) is 0 Å². The fourth-order valence-electron chi connectivity index (χ4n) is 1.74. The van der Waals surface area contributed by atoms with Crippen LogP contribution in [0.5, 0.6) is 0 Å². The Bertz CT molecular complexity index is 107. The van der Waals surface area contributed by atoms with E-state index in [2.05, 4.69) is 12.2 Å². The topological polar surface area (TPSA) is 41.5 Å². The Morgan fingerprint density at radius 3 is 3.00 bits per heavy atom. The van der Waals surface area contributed by atoms with Gasteiger partial charge in [0, 0.05) is 19.3 Å². The average molecular weight is 173 g/mol. The van der Waals surface area contributed by atoms with Gasteiger partial charge in [0.2, 0.25) is 0 Å². The molecule has 0 aromatic heterocycles. The van der Waals surface area contributed by atoms with Crippen molar-refractivity contribution in [3.05, 3.63) is 0 Å². The standard InChI is InChI=1S/C9H19NO2/c1-2-10-8(5-6-11)9-4-3-7-12-9/h8-11H,2-7H2,1H3. The molecule has 2 atom stereocenters. The van der Waals surface area contributed by atoms with Crippen LogP contribution in [0.3, 0.4) is 0 Å². The van der Waals surface area contributed by atoms with Crippen molar-refractivity contribution in [2.24, 2.45) is 0 Å². The van der Waals surface area contributed by atoms with Crippen LogP contribution in [0.25, 0.3) is 0 Å². The number of nitrogens with one attached hydrogen (secondary N) is 1. The van der Waals surface area contributed by atoms with Crippen LogP contribution in [-0.4, -0.2) is 37.0 Å². The van der Waals surface area contributed by atoms with E-state index in [9.17, 15) is 0 Å². The third-order valence-corrected chi connectivity index (χ3v) is 2.32. The van der Waals surface area contributed by atoms with Gasteiger partial charge in [-0.15, -0.1) is 0 Å². The number of ether oxygens (including phenoxy) is 1. The van der Waals surface area contributed by atoms with Gasteiger partial charge in [-0.3, -0.25) is 0 Å². The van der Waals surface area contributed by atoms with Gasteiger partial charge >= 0.3 is 0 Å². The molecular formula is C9H19NO2. The van der Waals surface area contributed by atoms with Gasteiger partial charge < -0.3 is 15.2 Å². The number of hydrogen-bond donors (Lipinski definition) is 2. The van der Waals surface area contributed by atoms with Crippen molar-refractivity contribution in [3.8, 4) is 0 Å². The lowest BCUT2D eigenvalue weighted by Gasteiger charge is -2.22. The first-order chi connectivity index (χ1) is 5.88. The highest BCUT2D eigenvalue weighted by Gasteiger charge is 2.24. The van der Waals surface area contributed by atoms with E-state index in [1.807, 2.05) is 0 Å². The molecule has 1 heterocycles. The normalized spacial score (nSPS) is 26.0. The smallest absolute Gasteiger partial charge is 0.0729 e. The fourth-order valence-corrected chi connectivity index (χ4v) is 1.74. The Labute approximate surface area is 74.1 Å². The number of likely N-dealkylation sites (N-methyl/N-ethyl adjacent to an activating group) is 1. The van der Waals surface area contributed by atoms with Crippen LogP contribution < -0.4 is 5.32 Å². The van der Waals surface area contributed by atoms with Crippen LogP contribution in [0.2, 0.25) is 0 Å². The second-order valence-electron chi connectivity index (χ2n) is 3.23. The van der Waals surface area contributed by atoms with Crippen LogP contribution in [0.1, 0.15) is 26.2 Å². The summed E-state index contributed by atoms with van der Waals surface area (Å²) in [5.41, 5.74) is 0. The molecule has 1 aliphatic rings. The highest BCUT2D eigenvalue weighted by atomic mass is 16.5. The summed E-state index contributed by atoms with van der Waals surface area (Å²) in [6.07, 6.45) is 3.44. The molecule has 3 heteroatoms. The molecule has 1 fully saturated rings. The number of hydrogen-bond acceptors (Lipinski definition) is 3. The summed E-state index contributed by atoms with van der Waals surface area (Å²) in [5, 5.41) is 12.2.